The van der Waals surface area contributed by atoms with Crippen molar-refractivity contribution in [1.29, 1.82) is 0 Å². The van der Waals surface area contributed by atoms with Gasteiger partial charge in [0.15, 0.2) is 0 Å². The molecule has 1 aliphatic rings. The average Bonchev–Trinajstić information content (AvgIpc) is 2.28. The lowest BCUT2D eigenvalue weighted by Crippen LogP contribution is -2.51. The molecular weight excluding hydrogens is 246 g/mol. The summed E-state index contributed by atoms with van der Waals surface area (Å²) < 4.78 is 6.43. The largest absolute Gasteiger partial charge is 0.374 e. The molecule has 0 atom stereocenters. The number of hydrogen-bond donors (Lipinski definition) is 1. The molecule has 0 heterocycles. The molecule has 1 rings (SSSR count). The van der Waals surface area contributed by atoms with Gasteiger partial charge in [-0.1, -0.05) is 27.7 Å². The second-order valence-corrected chi connectivity index (χ2v) is 9.13. The van der Waals surface area contributed by atoms with Gasteiger partial charge in [0, 0.05) is 18.7 Å². The first-order valence-electron chi connectivity index (χ1n) is 8.40. The molecule has 0 radical (unpaired) electrons. The minimum atomic E-state index is 0.0744. The summed E-state index contributed by atoms with van der Waals surface area (Å²) in [6, 6.07) is 0. The minimum Gasteiger partial charge on any atom is -0.374 e. The standard InChI is InChI=1S/C18H37NO/c1-15-8-10-18(11-9-15,14-19-17(5,6)7)20-13-12-16(2,3)4/h15,19H,8-14H2,1-7H3. The quantitative estimate of drug-likeness (QED) is 0.784. The molecule has 0 aliphatic heterocycles. The Kier molecular flexibility index (Phi) is 6.10. The predicted octanol–water partition coefficient (Wildman–Crippen LogP) is 4.78. The summed E-state index contributed by atoms with van der Waals surface area (Å²) >= 11 is 0. The summed E-state index contributed by atoms with van der Waals surface area (Å²) in [4.78, 5) is 0. The molecule has 0 saturated heterocycles. The second kappa shape index (κ2) is 6.79. The van der Waals surface area contributed by atoms with Gasteiger partial charge in [-0.25, -0.2) is 0 Å². The van der Waals surface area contributed by atoms with Crippen LogP contribution in [0.4, 0.5) is 0 Å². The number of ether oxygens (including phenoxy) is 1. The monoisotopic (exact) mass is 283 g/mol. The highest BCUT2D eigenvalue weighted by molar-refractivity contribution is 4.90. The van der Waals surface area contributed by atoms with Crippen LogP contribution in [0.3, 0.4) is 0 Å². The van der Waals surface area contributed by atoms with Gasteiger partial charge in [0.25, 0.3) is 0 Å². The molecule has 1 N–H and O–H groups in total. The Morgan fingerprint density at radius 1 is 1.05 bits per heavy atom. The van der Waals surface area contributed by atoms with Crippen LogP contribution in [0.1, 0.15) is 80.6 Å². The van der Waals surface area contributed by atoms with E-state index in [0.717, 1.165) is 25.5 Å². The zero-order valence-corrected chi connectivity index (χ0v) is 14.9. The van der Waals surface area contributed by atoms with Gasteiger partial charge in [-0.05, 0) is 64.2 Å². The number of hydrogen-bond acceptors (Lipinski definition) is 2. The number of nitrogens with one attached hydrogen (secondary N) is 1. The van der Waals surface area contributed by atoms with Gasteiger partial charge >= 0.3 is 0 Å². The van der Waals surface area contributed by atoms with Gasteiger partial charge in [-0.2, -0.15) is 0 Å². The molecule has 1 fully saturated rings. The van der Waals surface area contributed by atoms with Crippen molar-refractivity contribution >= 4 is 0 Å². The predicted molar refractivity (Wildman–Crippen MR) is 88.1 cm³/mol. The van der Waals surface area contributed by atoms with Crippen LogP contribution in [-0.2, 0) is 4.74 Å². The van der Waals surface area contributed by atoms with Crippen molar-refractivity contribution in [3.8, 4) is 0 Å². The molecule has 20 heavy (non-hydrogen) atoms. The lowest BCUT2D eigenvalue weighted by Gasteiger charge is -2.42. The van der Waals surface area contributed by atoms with E-state index >= 15 is 0 Å². The van der Waals surface area contributed by atoms with E-state index in [9.17, 15) is 0 Å². The van der Waals surface area contributed by atoms with Crippen LogP contribution in [0.25, 0.3) is 0 Å². The zero-order valence-electron chi connectivity index (χ0n) is 14.9. The van der Waals surface area contributed by atoms with Crippen molar-refractivity contribution in [2.45, 2.75) is 91.7 Å². The maximum atomic E-state index is 6.43. The third-order valence-corrected chi connectivity index (χ3v) is 4.39. The Hall–Kier alpha value is -0.0800. The van der Waals surface area contributed by atoms with Crippen molar-refractivity contribution in [1.82, 2.24) is 5.32 Å². The second-order valence-electron chi connectivity index (χ2n) is 9.13. The Labute approximate surface area is 127 Å². The van der Waals surface area contributed by atoms with Crippen LogP contribution < -0.4 is 5.32 Å². The maximum absolute atomic E-state index is 6.43. The molecule has 0 bridgehead atoms. The molecule has 2 heteroatoms. The van der Waals surface area contributed by atoms with Crippen molar-refractivity contribution in [3.63, 3.8) is 0 Å². The molecule has 1 saturated carbocycles. The van der Waals surface area contributed by atoms with E-state index in [1.807, 2.05) is 0 Å². The first kappa shape index (κ1) is 18.0. The van der Waals surface area contributed by atoms with Crippen LogP contribution in [0.5, 0.6) is 0 Å². The molecule has 0 spiro atoms. The first-order valence-corrected chi connectivity index (χ1v) is 8.40. The topological polar surface area (TPSA) is 21.3 Å². The van der Waals surface area contributed by atoms with Crippen LogP contribution in [-0.4, -0.2) is 24.3 Å². The molecule has 0 aromatic heterocycles. The Morgan fingerprint density at radius 2 is 1.60 bits per heavy atom. The van der Waals surface area contributed by atoms with Crippen molar-refractivity contribution in [2.24, 2.45) is 11.3 Å². The molecule has 120 valence electrons. The zero-order chi connectivity index (χ0) is 15.4. The fourth-order valence-electron chi connectivity index (χ4n) is 2.66. The number of rotatable bonds is 5. The Morgan fingerprint density at radius 3 is 2.05 bits per heavy atom. The highest BCUT2D eigenvalue weighted by Gasteiger charge is 2.36. The van der Waals surface area contributed by atoms with Crippen LogP contribution in [0.2, 0.25) is 0 Å². The van der Waals surface area contributed by atoms with E-state index in [1.54, 1.807) is 0 Å². The summed E-state index contributed by atoms with van der Waals surface area (Å²) in [5.41, 5.74) is 0.606. The summed E-state index contributed by atoms with van der Waals surface area (Å²) in [6.45, 7) is 17.8. The summed E-state index contributed by atoms with van der Waals surface area (Å²) in [5.74, 6) is 0.865. The lowest BCUT2D eigenvalue weighted by atomic mass is 9.79. The normalized spacial score (nSPS) is 28.6. The molecule has 0 amide bonds. The third kappa shape index (κ3) is 7.08. The van der Waals surface area contributed by atoms with Crippen LogP contribution in [0.15, 0.2) is 0 Å². The fraction of sp³-hybridized carbons (Fsp3) is 1.00. The highest BCUT2D eigenvalue weighted by atomic mass is 16.5. The van der Waals surface area contributed by atoms with Gasteiger partial charge in [-0.3, -0.25) is 0 Å². The van der Waals surface area contributed by atoms with Gasteiger partial charge < -0.3 is 10.1 Å². The van der Waals surface area contributed by atoms with Crippen molar-refractivity contribution < 1.29 is 4.74 Å². The average molecular weight is 284 g/mol. The first-order chi connectivity index (χ1) is 9.02. The third-order valence-electron chi connectivity index (χ3n) is 4.39. The molecule has 2 nitrogen and oxygen atoms in total. The van der Waals surface area contributed by atoms with Crippen molar-refractivity contribution in [2.75, 3.05) is 13.2 Å². The highest BCUT2D eigenvalue weighted by Crippen LogP contribution is 2.35. The van der Waals surface area contributed by atoms with E-state index in [4.69, 9.17) is 4.74 Å². The molecule has 0 aromatic carbocycles. The van der Waals surface area contributed by atoms with Gasteiger partial charge in [0.2, 0.25) is 0 Å². The smallest absolute Gasteiger partial charge is 0.0806 e. The minimum absolute atomic E-state index is 0.0744. The molecule has 1 aliphatic carbocycles. The molecular formula is C18H37NO. The van der Waals surface area contributed by atoms with Crippen LogP contribution in [0, 0.1) is 11.3 Å². The van der Waals surface area contributed by atoms with E-state index in [2.05, 4.69) is 53.8 Å². The SMILES string of the molecule is CC1CCC(CNC(C)(C)C)(OCCC(C)(C)C)CC1. The van der Waals surface area contributed by atoms with Gasteiger partial charge in [-0.15, -0.1) is 0 Å². The van der Waals surface area contributed by atoms with E-state index in [1.165, 1.54) is 25.7 Å². The Bertz CT molecular complexity index is 277. The fourth-order valence-corrected chi connectivity index (χ4v) is 2.66. The van der Waals surface area contributed by atoms with Crippen LogP contribution >= 0.6 is 0 Å². The van der Waals surface area contributed by atoms with Crippen molar-refractivity contribution in [3.05, 3.63) is 0 Å². The molecule has 0 unspecified atom stereocenters. The van der Waals surface area contributed by atoms with Gasteiger partial charge in [0.1, 0.15) is 0 Å². The van der Waals surface area contributed by atoms with E-state index < -0.39 is 0 Å². The lowest BCUT2D eigenvalue weighted by molar-refractivity contribution is -0.0841. The van der Waals surface area contributed by atoms with Gasteiger partial charge in [0.05, 0.1) is 5.60 Å². The summed E-state index contributed by atoms with van der Waals surface area (Å²) in [7, 11) is 0. The van der Waals surface area contributed by atoms with E-state index in [-0.39, 0.29) is 11.1 Å². The Balaban J connectivity index is 2.55. The molecule has 0 aromatic rings. The summed E-state index contributed by atoms with van der Waals surface area (Å²) in [5, 5.41) is 3.67. The maximum Gasteiger partial charge on any atom is 0.0806 e. The summed E-state index contributed by atoms with van der Waals surface area (Å²) in [6.07, 6.45) is 6.17. The van der Waals surface area contributed by atoms with E-state index in [0.29, 0.717) is 5.41 Å².